The SMILES string of the molecule is CCCCOc1ccc(N2CCNCC2)cc1C. The molecule has 18 heavy (non-hydrogen) atoms. The molecule has 3 heteroatoms. The Kier molecular flexibility index (Phi) is 4.88. The van der Waals surface area contributed by atoms with E-state index in [4.69, 9.17) is 4.74 Å². The Labute approximate surface area is 110 Å². The van der Waals surface area contributed by atoms with Crippen LogP contribution in [0.15, 0.2) is 18.2 Å². The van der Waals surface area contributed by atoms with Crippen molar-refractivity contribution in [1.82, 2.24) is 5.32 Å². The van der Waals surface area contributed by atoms with Crippen molar-refractivity contribution >= 4 is 5.69 Å². The fourth-order valence-electron chi connectivity index (χ4n) is 2.24. The number of hydrogen-bond acceptors (Lipinski definition) is 3. The van der Waals surface area contributed by atoms with E-state index >= 15 is 0 Å². The Balaban J connectivity index is 1.99. The number of anilines is 1. The molecule has 1 fully saturated rings. The van der Waals surface area contributed by atoms with Crippen LogP contribution in [0.5, 0.6) is 5.75 Å². The van der Waals surface area contributed by atoms with Gasteiger partial charge in [-0.05, 0) is 37.1 Å². The van der Waals surface area contributed by atoms with Crippen molar-refractivity contribution in [3.05, 3.63) is 23.8 Å². The van der Waals surface area contributed by atoms with E-state index in [1.165, 1.54) is 17.7 Å². The van der Waals surface area contributed by atoms with Crippen molar-refractivity contribution in [2.75, 3.05) is 37.7 Å². The van der Waals surface area contributed by atoms with Crippen LogP contribution in [0.4, 0.5) is 5.69 Å². The molecule has 0 atom stereocenters. The summed E-state index contributed by atoms with van der Waals surface area (Å²) in [7, 11) is 0. The molecule has 1 saturated heterocycles. The maximum Gasteiger partial charge on any atom is 0.122 e. The average Bonchev–Trinajstić information content (AvgIpc) is 2.42. The molecule has 1 aromatic carbocycles. The van der Waals surface area contributed by atoms with Crippen LogP contribution in [0, 0.1) is 6.92 Å². The summed E-state index contributed by atoms with van der Waals surface area (Å²) in [5.74, 6) is 1.03. The minimum Gasteiger partial charge on any atom is -0.493 e. The molecule has 0 aromatic heterocycles. The van der Waals surface area contributed by atoms with Gasteiger partial charge in [0.2, 0.25) is 0 Å². The summed E-state index contributed by atoms with van der Waals surface area (Å²) in [6.07, 6.45) is 2.30. The van der Waals surface area contributed by atoms with Crippen LogP contribution in [0.25, 0.3) is 0 Å². The Hall–Kier alpha value is -1.22. The van der Waals surface area contributed by atoms with Crippen LogP contribution in [0.2, 0.25) is 0 Å². The number of benzene rings is 1. The predicted octanol–water partition coefficient (Wildman–Crippen LogP) is 2.58. The lowest BCUT2D eigenvalue weighted by Gasteiger charge is -2.29. The summed E-state index contributed by atoms with van der Waals surface area (Å²) < 4.78 is 5.79. The van der Waals surface area contributed by atoms with Crippen LogP contribution in [0.3, 0.4) is 0 Å². The molecule has 2 rings (SSSR count). The lowest BCUT2D eigenvalue weighted by molar-refractivity contribution is 0.307. The Morgan fingerprint density at radius 2 is 2.06 bits per heavy atom. The highest BCUT2D eigenvalue weighted by molar-refractivity contribution is 5.53. The molecule has 0 saturated carbocycles. The molecule has 1 aliphatic heterocycles. The Morgan fingerprint density at radius 1 is 1.28 bits per heavy atom. The van der Waals surface area contributed by atoms with E-state index in [1.54, 1.807) is 0 Å². The van der Waals surface area contributed by atoms with E-state index in [0.29, 0.717) is 0 Å². The highest BCUT2D eigenvalue weighted by atomic mass is 16.5. The first-order chi connectivity index (χ1) is 8.81. The lowest BCUT2D eigenvalue weighted by Crippen LogP contribution is -2.43. The van der Waals surface area contributed by atoms with Gasteiger partial charge in [0.05, 0.1) is 6.61 Å². The van der Waals surface area contributed by atoms with Crippen LogP contribution >= 0.6 is 0 Å². The van der Waals surface area contributed by atoms with E-state index in [9.17, 15) is 0 Å². The van der Waals surface area contributed by atoms with Gasteiger partial charge in [-0.3, -0.25) is 0 Å². The molecule has 1 heterocycles. The number of piperazine rings is 1. The number of nitrogens with zero attached hydrogens (tertiary/aromatic N) is 1. The fourth-order valence-corrected chi connectivity index (χ4v) is 2.24. The highest BCUT2D eigenvalue weighted by Crippen LogP contribution is 2.24. The monoisotopic (exact) mass is 248 g/mol. The largest absolute Gasteiger partial charge is 0.493 e. The van der Waals surface area contributed by atoms with Gasteiger partial charge in [-0.1, -0.05) is 13.3 Å². The number of rotatable bonds is 5. The molecule has 0 radical (unpaired) electrons. The van der Waals surface area contributed by atoms with E-state index in [-0.39, 0.29) is 0 Å². The molecular formula is C15H24N2O. The number of ether oxygens (including phenoxy) is 1. The molecule has 1 N–H and O–H groups in total. The van der Waals surface area contributed by atoms with Gasteiger partial charge in [0, 0.05) is 31.9 Å². The van der Waals surface area contributed by atoms with Gasteiger partial charge < -0.3 is 15.0 Å². The molecular weight excluding hydrogens is 224 g/mol. The zero-order chi connectivity index (χ0) is 12.8. The summed E-state index contributed by atoms with van der Waals surface area (Å²) in [5.41, 5.74) is 2.55. The van der Waals surface area contributed by atoms with Gasteiger partial charge in [-0.25, -0.2) is 0 Å². The standard InChI is InChI=1S/C15H24N2O/c1-3-4-11-18-15-6-5-14(12-13(15)2)17-9-7-16-8-10-17/h5-6,12,16H,3-4,7-11H2,1-2H3. The van der Waals surface area contributed by atoms with Crippen LogP contribution in [0.1, 0.15) is 25.3 Å². The number of unbranched alkanes of at least 4 members (excludes halogenated alkanes) is 1. The molecule has 0 amide bonds. The normalized spacial score (nSPS) is 15.8. The maximum absolute atomic E-state index is 5.79. The number of aryl methyl sites for hydroxylation is 1. The number of nitrogens with one attached hydrogen (secondary N) is 1. The van der Waals surface area contributed by atoms with Crippen molar-refractivity contribution in [2.45, 2.75) is 26.7 Å². The molecule has 0 unspecified atom stereocenters. The van der Waals surface area contributed by atoms with E-state index < -0.39 is 0 Å². The smallest absolute Gasteiger partial charge is 0.122 e. The van der Waals surface area contributed by atoms with E-state index in [0.717, 1.165) is 45.0 Å². The van der Waals surface area contributed by atoms with Crippen molar-refractivity contribution in [2.24, 2.45) is 0 Å². The van der Waals surface area contributed by atoms with Crippen molar-refractivity contribution in [3.8, 4) is 5.75 Å². The van der Waals surface area contributed by atoms with Crippen LogP contribution in [-0.4, -0.2) is 32.8 Å². The van der Waals surface area contributed by atoms with Gasteiger partial charge in [0.25, 0.3) is 0 Å². The molecule has 3 nitrogen and oxygen atoms in total. The molecule has 0 aliphatic carbocycles. The third kappa shape index (κ3) is 3.39. The lowest BCUT2D eigenvalue weighted by atomic mass is 10.1. The third-order valence-electron chi connectivity index (χ3n) is 3.40. The topological polar surface area (TPSA) is 24.5 Å². The average molecular weight is 248 g/mol. The quantitative estimate of drug-likeness (QED) is 0.811. The second kappa shape index (κ2) is 6.64. The molecule has 1 aromatic rings. The Bertz CT molecular complexity index is 373. The van der Waals surface area contributed by atoms with Gasteiger partial charge >= 0.3 is 0 Å². The fraction of sp³-hybridized carbons (Fsp3) is 0.600. The van der Waals surface area contributed by atoms with Crippen molar-refractivity contribution in [3.63, 3.8) is 0 Å². The molecule has 0 bridgehead atoms. The second-order valence-corrected chi connectivity index (χ2v) is 4.89. The summed E-state index contributed by atoms with van der Waals surface area (Å²) >= 11 is 0. The molecule has 0 spiro atoms. The van der Waals surface area contributed by atoms with Crippen molar-refractivity contribution in [1.29, 1.82) is 0 Å². The Morgan fingerprint density at radius 3 is 2.72 bits per heavy atom. The second-order valence-electron chi connectivity index (χ2n) is 4.89. The summed E-state index contributed by atoms with van der Waals surface area (Å²) in [4.78, 5) is 2.43. The minimum atomic E-state index is 0.824. The minimum absolute atomic E-state index is 0.824. The van der Waals surface area contributed by atoms with Gasteiger partial charge in [-0.2, -0.15) is 0 Å². The molecule has 100 valence electrons. The zero-order valence-electron chi connectivity index (χ0n) is 11.5. The van der Waals surface area contributed by atoms with E-state index in [2.05, 4.69) is 42.3 Å². The highest BCUT2D eigenvalue weighted by Gasteiger charge is 2.11. The molecule has 1 aliphatic rings. The first-order valence-corrected chi connectivity index (χ1v) is 7.00. The summed E-state index contributed by atoms with van der Waals surface area (Å²) in [6, 6.07) is 6.54. The van der Waals surface area contributed by atoms with Crippen LogP contribution < -0.4 is 15.0 Å². The summed E-state index contributed by atoms with van der Waals surface area (Å²) in [5, 5.41) is 3.38. The van der Waals surface area contributed by atoms with Gasteiger partial charge in [0.15, 0.2) is 0 Å². The predicted molar refractivity (Wildman–Crippen MR) is 76.7 cm³/mol. The maximum atomic E-state index is 5.79. The van der Waals surface area contributed by atoms with Gasteiger partial charge in [-0.15, -0.1) is 0 Å². The summed E-state index contributed by atoms with van der Waals surface area (Å²) in [6.45, 7) is 9.48. The van der Waals surface area contributed by atoms with E-state index in [1.807, 2.05) is 0 Å². The third-order valence-corrected chi connectivity index (χ3v) is 3.40. The first kappa shape index (κ1) is 13.2. The zero-order valence-corrected chi connectivity index (χ0v) is 11.5. The first-order valence-electron chi connectivity index (χ1n) is 7.00. The van der Waals surface area contributed by atoms with Crippen molar-refractivity contribution < 1.29 is 4.74 Å². The van der Waals surface area contributed by atoms with Crippen LogP contribution in [-0.2, 0) is 0 Å². The van der Waals surface area contributed by atoms with Gasteiger partial charge in [0.1, 0.15) is 5.75 Å². The number of hydrogen-bond donors (Lipinski definition) is 1.